The fourth-order valence-corrected chi connectivity index (χ4v) is 2.85. The molecule has 2 fully saturated rings. The fraction of sp³-hybridized carbons (Fsp3) is 0.545. The number of aromatic nitrogens is 2. The Morgan fingerprint density at radius 1 is 1.44 bits per heavy atom. The lowest BCUT2D eigenvalue weighted by atomic mass is 9.98. The van der Waals surface area contributed by atoms with Crippen LogP contribution in [0.1, 0.15) is 25.7 Å². The topological polar surface area (TPSA) is 55.3 Å². The van der Waals surface area contributed by atoms with E-state index in [-0.39, 0.29) is 17.7 Å². The Kier molecular flexibility index (Phi) is 2.62. The number of amides is 1. The molecule has 2 aliphatic rings. The number of hydrogen-bond donors (Lipinski definition) is 0. The molecule has 1 aromatic heterocycles. The number of carbonyl (C=O) groups is 1. The molecule has 7 heteroatoms. The normalized spacial score (nSPS) is 21.7. The molecule has 0 N–H and O–H groups in total. The minimum absolute atomic E-state index is 0.0839. The van der Waals surface area contributed by atoms with E-state index in [4.69, 9.17) is 16.3 Å². The van der Waals surface area contributed by atoms with Gasteiger partial charge in [-0.25, -0.2) is 19.1 Å². The van der Waals surface area contributed by atoms with Gasteiger partial charge in [0.05, 0.1) is 11.7 Å². The van der Waals surface area contributed by atoms with Crippen molar-refractivity contribution in [3.8, 4) is 0 Å². The van der Waals surface area contributed by atoms with E-state index in [1.165, 1.54) is 4.90 Å². The van der Waals surface area contributed by atoms with E-state index in [2.05, 4.69) is 9.97 Å². The van der Waals surface area contributed by atoms with Gasteiger partial charge in [-0.05, 0) is 24.4 Å². The van der Waals surface area contributed by atoms with E-state index in [9.17, 15) is 9.18 Å². The molecule has 1 aliphatic carbocycles. The molecule has 0 unspecified atom stereocenters. The van der Waals surface area contributed by atoms with E-state index in [0.717, 1.165) is 31.9 Å². The number of carbonyl (C=O) groups excluding carboxylic acids is 1. The lowest BCUT2D eigenvalue weighted by Crippen LogP contribution is -2.46. The number of hydrogen-bond acceptors (Lipinski definition) is 4. The lowest BCUT2D eigenvalue weighted by Gasteiger charge is -2.30. The summed E-state index contributed by atoms with van der Waals surface area (Å²) >= 11 is 5.67. The Bertz CT molecular complexity index is 505. The zero-order chi connectivity index (χ0) is 12.8. The van der Waals surface area contributed by atoms with Gasteiger partial charge in [-0.3, -0.25) is 0 Å². The highest BCUT2D eigenvalue weighted by Gasteiger charge is 2.51. The zero-order valence-corrected chi connectivity index (χ0v) is 10.3. The Hall–Kier alpha value is -1.43. The standard InChI is InChI=1S/C11H11ClFN3O2/c12-9-14-5-7(13)8(15-9)16-10(17)18-6-11(16)3-1-2-4-11/h5H,1-4,6H2. The summed E-state index contributed by atoms with van der Waals surface area (Å²) in [7, 11) is 0. The quantitative estimate of drug-likeness (QED) is 0.737. The third-order valence-electron chi connectivity index (χ3n) is 3.56. The van der Waals surface area contributed by atoms with Crippen molar-refractivity contribution in [2.75, 3.05) is 11.5 Å². The van der Waals surface area contributed by atoms with Gasteiger partial charge in [0, 0.05) is 0 Å². The van der Waals surface area contributed by atoms with Gasteiger partial charge in [0.2, 0.25) is 5.28 Å². The SMILES string of the molecule is O=C1OCC2(CCCC2)N1c1nc(Cl)ncc1F. The van der Waals surface area contributed by atoms with Crippen LogP contribution in [0.15, 0.2) is 6.20 Å². The summed E-state index contributed by atoms with van der Waals surface area (Å²) < 4.78 is 18.9. The van der Waals surface area contributed by atoms with E-state index in [1.54, 1.807) is 0 Å². The minimum Gasteiger partial charge on any atom is -0.447 e. The maximum atomic E-state index is 13.8. The number of anilines is 1. The largest absolute Gasteiger partial charge is 0.447 e. The Morgan fingerprint density at radius 3 is 2.89 bits per heavy atom. The summed E-state index contributed by atoms with van der Waals surface area (Å²) in [5, 5.41) is -0.0840. The van der Waals surface area contributed by atoms with Crippen LogP contribution in [-0.4, -0.2) is 28.2 Å². The smallest absolute Gasteiger partial charge is 0.416 e. The van der Waals surface area contributed by atoms with Gasteiger partial charge in [-0.1, -0.05) is 12.8 Å². The molecule has 0 atom stereocenters. The van der Waals surface area contributed by atoms with Crippen LogP contribution in [0.4, 0.5) is 15.0 Å². The molecule has 96 valence electrons. The van der Waals surface area contributed by atoms with Gasteiger partial charge in [-0.15, -0.1) is 0 Å². The lowest BCUT2D eigenvalue weighted by molar-refractivity contribution is 0.173. The van der Waals surface area contributed by atoms with Gasteiger partial charge in [0.1, 0.15) is 6.61 Å². The van der Waals surface area contributed by atoms with Crippen LogP contribution in [0.2, 0.25) is 5.28 Å². The molecular weight excluding hydrogens is 261 g/mol. The molecule has 1 saturated carbocycles. The van der Waals surface area contributed by atoms with Crippen molar-refractivity contribution in [2.24, 2.45) is 0 Å². The van der Waals surface area contributed by atoms with Crippen molar-refractivity contribution in [2.45, 2.75) is 31.2 Å². The van der Waals surface area contributed by atoms with E-state index in [0.29, 0.717) is 0 Å². The molecule has 3 rings (SSSR count). The highest BCUT2D eigenvalue weighted by Crippen LogP contribution is 2.42. The summed E-state index contributed by atoms with van der Waals surface area (Å²) in [6.45, 7) is 0.285. The van der Waals surface area contributed by atoms with Crippen LogP contribution in [0, 0.1) is 5.82 Å². The summed E-state index contributed by atoms with van der Waals surface area (Å²) in [5.74, 6) is -0.746. The first-order valence-corrected chi connectivity index (χ1v) is 6.15. The van der Waals surface area contributed by atoms with Crippen LogP contribution in [0.25, 0.3) is 0 Å². The molecule has 1 aliphatic heterocycles. The summed E-state index contributed by atoms with van der Waals surface area (Å²) in [4.78, 5) is 20.5. The Labute approximate surface area is 108 Å². The molecule has 2 heterocycles. The van der Waals surface area contributed by atoms with Crippen molar-refractivity contribution in [1.82, 2.24) is 9.97 Å². The highest BCUT2D eigenvalue weighted by molar-refractivity contribution is 6.28. The molecule has 1 aromatic rings. The van der Waals surface area contributed by atoms with Crippen LogP contribution < -0.4 is 4.90 Å². The number of ether oxygens (including phenoxy) is 1. The van der Waals surface area contributed by atoms with E-state index in [1.807, 2.05) is 0 Å². The molecule has 0 aromatic carbocycles. The second kappa shape index (κ2) is 4.05. The fourth-order valence-electron chi connectivity index (χ4n) is 2.73. The number of rotatable bonds is 1. The molecule has 18 heavy (non-hydrogen) atoms. The molecule has 1 amide bonds. The monoisotopic (exact) mass is 271 g/mol. The molecule has 1 spiro atoms. The van der Waals surface area contributed by atoms with Crippen molar-refractivity contribution in [3.05, 3.63) is 17.3 Å². The van der Waals surface area contributed by atoms with Gasteiger partial charge >= 0.3 is 6.09 Å². The van der Waals surface area contributed by atoms with Gasteiger partial charge in [-0.2, -0.15) is 4.98 Å². The molecule has 5 nitrogen and oxygen atoms in total. The number of halogens is 2. The molecule has 1 saturated heterocycles. The first-order chi connectivity index (χ1) is 8.62. The van der Waals surface area contributed by atoms with Crippen LogP contribution in [-0.2, 0) is 4.74 Å². The van der Waals surface area contributed by atoms with Gasteiger partial charge in [0.15, 0.2) is 11.6 Å². The van der Waals surface area contributed by atoms with Crippen molar-refractivity contribution in [1.29, 1.82) is 0 Å². The van der Waals surface area contributed by atoms with Crippen molar-refractivity contribution >= 4 is 23.5 Å². The van der Waals surface area contributed by atoms with E-state index >= 15 is 0 Å². The maximum Gasteiger partial charge on any atom is 0.416 e. The van der Waals surface area contributed by atoms with E-state index < -0.39 is 17.4 Å². The Balaban J connectivity index is 2.07. The van der Waals surface area contributed by atoms with Crippen LogP contribution >= 0.6 is 11.6 Å². The number of cyclic esters (lactones) is 1. The predicted octanol–water partition coefficient (Wildman–Crippen LogP) is 2.54. The molecular formula is C11H11ClFN3O2. The number of nitrogens with zero attached hydrogens (tertiary/aromatic N) is 3. The second-order valence-corrected chi connectivity index (χ2v) is 4.97. The average Bonchev–Trinajstić information content (AvgIpc) is 2.93. The predicted molar refractivity (Wildman–Crippen MR) is 62.0 cm³/mol. The van der Waals surface area contributed by atoms with Crippen LogP contribution in [0.3, 0.4) is 0 Å². The maximum absolute atomic E-state index is 13.8. The molecule has 0 radical (unpaired) electrons. The van der Waals surface area contributed by atoms with Gasteiger partial charge < -0.3 is 4.74 Å². The average molecular weight is 272 g/mol. The van der Waals surface area contributed by atoms with Gasteiger partial charge in [0.25, 0.3) is 0 Å². The van der Waals surface area contributed by atoms with Crippen molar-refractivity contribution in [3.63, 3.8) is 0 Å². The first kappa shape index (κ1) is 11.6. The summed E-state index contributed by atoms with van der Waals surface area (Å²) in [6, 6.07) is 0. The molecule has 0 bridgehead atoms. The van der Waals surface area contributed by atoms with Crippen LogP contribution in [0.5, 0.6) is 0 Å². The second-order valence-electron chi connectivity index (χ2n) is 4.63. The summed E-state index contributed by atoms with van der Waals surface area (Å²) in [5.41, 5.74) is -0.463. The minimum atomic E-state index is -0.662. The zero-order valence-electron chi connectivity index (χ0n) is 9.53. The summed E-state index contributed by atoms with van der Waals surface area (Å²) in [6.07, 6.45) is 3.98. The van der Waals surface area contributed by atoms with Crippen molar-refractivity contribution < 1.29 is 13.9 Å². The Morgan fingerprint density at radius 2 is 2.17 bits per heavy atom. The highest BCUT2D eigenvalue weighted by atomic mass is 35.5. The first-order valence-electron chi connectivity index (χ1n) is 5.77. The third kappa shape index (κ3) is 1.63. The third-order valence-corrected chi connectivity index (χ3v) is 3.75.